The summed E-state index contributed by atoms with van der Waals surface area (Å²) in [6, 6.07) is 8.13. The Morgan fingerprint density at radius 3 is 3.09 bits per heavy atom. The lowest BCUT2D eigenvalue weighted by Gasteiger charge is -2.22. The van der Waals surface area contributed by atoms with E-state index in [1.165, 1.54) is 16.7 Å². The minimum Gasteiger partial charge on any atom is -0.311 e. The number of hydrogen-bond acceptors (Lipinski definition) is 6. The standard InChI is InChI=1S/C15H19N5OS2/c1-3-20-15(16-17-18-20)22-10-14(21)19-9-8-11(2)23-13-7-5-4-6-12(13)19/h4-7,11H,3,8-10H2,1-2H3/t11-/m1/s1. The molecule has 0 bridgehead atoms. The molecular formula is C15H19N5OS2. The van der Waals surface area contributed by atoms with Crippen molar-refractivity contribution in [1.29, 1.82) is 0 Å². The van der Waals surface area contributed by atoms with Crippen LogP contribution in [0.5, 0.6) is 0 Å². The number of fused-ring (bicyclic) bond motifs is 1. The van der Waals surface area contributed by atoms with Crippen molar-refractivity contribution in [2.24, 2.45) is 0 Å². The minimum atomic E-state index is 0.0998. The fourth-order valence-corrected chi connectivity index (χ4v) is 4.38. The Bertz CT molecular complexity index is 690. The Morgan fingerprint density at radius 1 is 1.43 bits per heavy atom. The Kier molecular flexibility index (Phi) is 5.22. The van der Waals surface area contributed by atoms with Crippen molar-refractivity contribution in [1.82, 2.24) is 20.2 Å². The van der Waals surface area contributed by atoms with Gasteiger partial charge in [0.1, 0.15) is 0 Å². The molecule has 0 saturated heterocycles. The molecule has 6 nitrogen and oxygen atoms in total. The van der Waals surface area contributed by atoms with Gasteiger partial charge in [0.05, 0.1) is 11.4 Å². The summed E-state index contributed by atoms with van der Waals surface area (Å²) < 4.78 is 1.70. The van der Waals surface area contributed by atoms with Crippen molar-refractivity contribution in [3.05, 3.63) is 24.3 Å². The van der Waals surface area contributed by atoms with Crippen molar-refractivity contribution < 1.29 is 4.79 Å². The van der Waals surface area contributed by atoms with E-state index in [1.54, 1.807) is 4.68 Å². The van der Waals surface area contributed by atoms with Crippen LogP contribution in [0.2, 0.25) is 0 Å². The summed E-state index contributed by atoms with van der Waals surface area (Å²) in [7, 11) is 0. The highest BCUT2D eigenvalue weighted by Gasteiger charge is 2.24. The molecule has 1 aliphatic rings. The Labute approximate surface area is 144 Å². The van der Waals surface area contributed by atoms with Crippen LogP contribution >= 0.6 is 23.5 Å². The van der Waals surface area contributed by atoms with Gasteiger partial charge in [0.25, 0.3) is 0 Å². The summed E-state index contributed by atoms with van der Waals surface area (Å²) in [5.74, 6) is 0.441. The van der Waals surface area contributed by atoms with Gasteiger partial charge in [0, 0.05) is 23.2 Å². The maximum Gasteiger partial charge on any atom is 0.237 e. The molecule has 2 aromatic rings. The highest BCUT2D eigenvalue weighted by Crippen LogP contribution is 2.37. The first-order valence-corrected chi connectivity index (χ1v) is 9.50. The second-order valence-electron chi connectivity index (χ2n) is 5.30. The summed E-state index contributed by atoms with van der Waals surface area (Å²) in [5, 5.41) is 12.7. The summed E-state index contributed by atoms with van der Waals surface area (Å²) in [5.41, 5.74) is 1.02. The van der Waals surface area contributed by atoms with Gasteiger partial charge in [-0.2, -0.15) is 0 Å². The van der Waals surface area contributed by atoms with Crippen molar-refractivity contribution in [3.63, 3.8) is 0 Å². The smallest absolute Gasteiger partial charge is 0.237 e. The molecule has 122 valence electrons. The summed E-state index contributed by atoms with van der Waals surface area (Å²) in [4.78, 5) is 15.8. The maximum atomic E-state index is 12.7. The van der Waals surface area contributed by atoms with Crippen LogP contribution in [0.3, 0.4) is 0 Å². The zero-order valence-electron chi connectivity index (χ0n) is 13.2. The number of hydrogen-bond donors (Lipinski definition) is 0. The molecule has 8 heteroatoms. The molecule has 1 amide bonds. The molecular weight excluding hydrogens is 330 g/mol. The Morgan fingerprint density at radius 2 is 2.26 bits per heavy atom. The predicted molar refractivity (Wildman–Crippen MR) is 92.9 cm³/mol. The summed E-state index contributed by atoms with van der Waals surface area (Å²) >= 11 is 3.23. The summed E-state index contributed by atoms with van der Waals surface area (Å²) in [6.07, 6.45) is 0.989. The molecule has 1 atom stereocenters. The van der Waals surface area contributed by atoms with Gasteiger partial charge < -0.3 is 4.90 Å². The Hall–Kier alpha value is -1.54. The third-order valence-corrected chi connectivity index (χ3v) is 5.85. The monoisotopic (exact) mass is 349 g/mol. The lowest BCUT2D eigenvalue weighted by molar-refractivity contribution is -0.116. The number of nitrogens with zero attached hydrogens (tertiary/aromatic N) is 5. The van der Waals surface area contributed by atoms with Gasteiger partial charge in [-0.25, -0.2) is 4.68 Å². The normalized spacial score (nSPS) is 17.7. The van der Waals surface area contributed by atoms with Crippen LogP contribution in [0.4, 0.5) is 5.69 Å². The fourth-order valence-electron chi connectivity index (χ4n) is 2.45. The van der Waals surface area contributed by atoms with E-state index >= 15 is 0 Å². The second-order valence-corrected chi connectivity index (χ2v) is 7.72. The number of benzene rings is 1. The quantitative estimate of drug-likeness (QED) is 0.791. The van der Waals surface area contributed by atoms with E-state index in [4.69, 9.17) is 0 Å². The van der Waals surface area contributed by atoms with E-state index in [2.05, 4.69) is 28.5 Å². The molecule has 0 saturated carbocycles. The van der Waals surface area contributed by atoms with Gasteiger partial charge in [0.15, 0.2) is 0 Å². The van der Waals surface area contributed by atoms with Gasteiger partial charge in [-0.05, 0) is 35.9 Å². The lowest BCUT2D eigenvalue weighted by Crippen LogP contribution is -2.33. The highest BCUT2D eigenvalue weighted by atomic mass is 32.2. The molecule has 2 heterocycles. The molecule has 0 radical (unpaired) electrons. The number of rotatable bonds is 4. The molecule has 1 aliphatic heterocycles. The van der Waals surface area contributed by atoms with Gasteiger partial charge in [0.2, 0.25) is 11.1 Å². The fraction of sp³-hybridized carbons (Fsp3) is 0.467. The molecule has 1 aromatic carbocycles. The van der Waals surface area contributed by atoms with Gasteiger partial charge >= 0.3 is 0 Å². The highest BCUT2D eigenvalue weighted by molar-refractivity contribution is 8.00. The van der Waals surface area contributed by atoms with Crippen molar-refractivity contribution >= 4 is 35.1 Å². The number of anilines is 1. The van der Waals surface area contributed by atoms with E-state index in [0.717, 1.165) is 18.7 Å². The zero-order valence-corrected chi connectivity index (χ0v) is 14.8. The van der Waals surface area contributed by atoms with Crippen molar-refractivity contribution in [2.45, 2.75) is 42.1 Å². The van der Waals surface area contributed by atoms with Crippen LogP contribution in [-0.2, 0) is 11.3 Å². The molecule has 0 fully saturated rings. The first-order valence-electron chi connectivity index (χ1n) is 7.64. The van der Waals surface area contributed by atoms with E-state index in [9.17, 15) is 4.79 Å². The van der Waals surface area contributed by atoms with Crippen LogP contribution in [0.1, 0.15) is 20.3 Å². The number of tetrazole rings is 1. The number of para-hydroxylation sites is 1. The van der Waals surface area contributed by atoms with Crippen LogP contribution in [0, 0.1) is 0 Å². The molecule has 0 spiro atoms. The second kappa shape index (κ2) is 7.35. The molecule has 0 N–H and O–H groups in total. The average molecular weight is 349 g/mol. The van der Waals surface area contributed by atoms with Gasteiger partial charge in [-0.15, -0.1) is 16.9 Å². The average Bonchev–Trinajstić information content (AvgIpc) is 2.94. The third kappa shape index (κ3) is 3.69. The predicted octanol–water partition coefficient (Wildman–Crippen LogP) is 2.70. The van der Waals surface area contributed by atoms with Crippen LogP contribution < -0.4 is 4.90 Å². The van der Waals surface area contributed by atoms with Crippen LogP contribution in [0.15, 0.2) is 34.3 Å². The van der Waals surface area contributed by atoms with Gasteiger partial charge in [-0.1, -0.05) is 30.8 Å². The zero-order chi connectivity index (χ0) is 16.2. The van der Waals surface area contributed by atoms with E-state index < -0.39 is 0 Å². The SMILES string of the molecule is CCn1nnnc1SCC(=O)N1CC[C@@H](C)Sc2ccccc21. The molecule has 3 rings (SSSR count). The number of thioether (sulfide) groups is 2. The number of aromatic nitrogens is 4. The minimum absolute atomic E-state index is 0.0998. The molecule has 23 heavy (non-hydrogen) atoms. The first-order chi connectivity index (χ1) is 11.2. The number of aryl methyl sites for hydroxylation is 1. The number of carbonyl (C=O) groups is 1. The number of amides is 1. The lowest BCUT2D eigenvalue weighted by atomic mass is 10.2. The maximum absolute atomic E-state index is 12.7. The largest absolute Gasteiger partial charge is 0.311 e. The van der Waals surface area contributed by atoms with Crippen molar-refractivity contribution in [2.75, 3.05) is 17.2 Å². The number of carbonyl (C=O) groups excluding carboxylic acids is 1. The third-order valence-electron chi connectivity index (χ3n) is 3.67. The van der Waals surface area contributed by atoms with Gasteiger partial charge in [-0.3, -0.25) is 4.79 Å². The molecule has 0 aliphatic carbocycles. The van der Waals surface area contributed by atoms with E-state index in [-0.39, 0.29) is 5.91 Å². The Balaban J connectivity index is 1.74. The summed E-state index contributed by atoms with van der Waals surface area (Å²) in [6.45, 7) is 5.64. The van der Waals surface area contributed by atoms with Crippen molar-refractivity contribution in [3.8, 4) is 0 Å². The topological polar surface area (TPSA) is 63.9 Å². The molecule has 1 aromatic heterocycles. The van der Waals surface area contributed by atoms with Crippen LogP contribution in [-0.4, -0.2) is 43.7 Å². The van der Waals surface area contributed by atoms with E-state index in [0.29, 0.717) is 22.7 Å². The van der Waals surface area contributed by atoms with Crippen LogP contribution in [0.25, 0.3) is 0 Å². The van der Waals surface area contributed by atoms with E-state index in [1.807, 2.05) is 41.8 Å². The molecule has 0 unspecified atom stereocenters. The first kappa shape index (κ1) is 16.3.